The molecule has 0 spiro atoms. The van der Waals surface area contributed by atoms with Crippen LogP contribution < -0.4 is 16.0 Å². The topological polar surface area (TPSA) is 73.5 Å². The Hall–Kier alpha value is -4.34. The van der Waals surface area contributed by atoms with Gasteiger partial charge in [0, 0.05) is 47.2 Å². The monoisotopic (exact) mass is 480 g/mol. The van der Waals surface area contributed by atoms with Gasteiger partial charge >= 0.3 is 0 Å². The Morgan fingerprint density at radius 1 is 1.00 bits per heavy atom. The van der Waals surface area contributed by atoms with Crippen LogP contribution in [0.5, 0.6) is 0 Å². The van der Waals surface area contributed by atoms with Crippen molar-refractivity contribution in [2.24, 2.45) is 0 Å². The molecular formula is C30H32N4O2. The molecule has 0 fully saturated rings. The smallest absolute Gasteiger partial charge is 0.296 e. The van der Waals surface area contributed by atoms with Gasteiger partial charge in [0.2, 0.25) is 6.41 Å². The van der Waals surface area contributed by atoms with Crippen molar-refractivity contribution in [2.75, 3.05) is 31.3 Å². The predicted molar refractivity (Wildman–Crippen MR) is 148 cm³/mol. The van der Waals surface area contributed by atoms with Crippen molar-refractivity contribution in [2.45, 2.75) is 20.4 Å². The second kappa shape index (κ2) is 12.9. The fourth-order valence-electron chi connectivity index (χ4n) is 3.79. The molecule has 0 atom stereocenters. The van der Waals surface area contributed by atoms with Gasteiger partial charge in [0.1, 0.15) is 0 Å². The van der Waals surface area contributed by atoms with Crippen LogP contribution in [0.1, 0.15) is 36.1 Å². The van der Waals surface area contributed by atoms with E-state index in [1.807, 2.05) is 70.4 Å². The number of benzene rings is 3. The number of anilines is 2. The van der Waals surface area contributed by atoms with E-state index in [0.29, 0.717) is 24.2 Å². The Balaban J connectivity index is 2.03. The molecule has 36 heavy (non-hydrogen) atoms. The lowest BCUT2D eigenvalue weighted by molar-refractivity contribution is -0.115. The van der Waals surface area contributed by atoms with Crippen molar-refractivity contribution in [1.29, 1.82) is 0 Å². The van der Waals surface area contributed by atoms with Crippen molar-refractivity contribution in [1.82, 2.24) is 10.2 Å². The lowest BCUT2D eigenvalue weighted by Crippen LogP contribution is -2.20. The van der Waals surface area contributed by atoms with E-state index in [4.69, 9.17) is 0 Å². The van der Waals surface area contributed by atoms with Gasteiger partial charge in [0.15, 0.2) is 0 Å². The summed E-state index contributed by atoms with van der Waals surface area (Å²) in [4.78, 5) is 25.3. The molecule has 3 aromatic carbocycles. The van der Waals surface area contributed by atoms with E-state index in [0.717, 1.165) is 34.6 Å². The van der Waals surface area contributed by atoms with E-state index >= 15 is 0 Å². The highest BCUT2D eigenvalue weighted by atomic mass is 16.1. The third-order valence-corrected chi connectivity index (χ3v) is 5.46. The summed E-state index contributed by atoms with van der Waals surface area (Å²) in [6.45, 7) is 5.24. The molecule has 0 bridgehead atoms. The van der Waals surface area contributed by atoms with Crippen LogP contribution in [0.3, 0.4) is 0 Å². The molecule has 3 rings (SSSR count). The first kappa shape index (κ1) is 26.3. The van der Waals surface area contributed by atoms with Gasteiger partial charge < -0.3 is 20.9 Å². The number of nitrogens with zero attached hydrogens (tertiary/aromatic N) is 1. The summed E-state index contributed by atoms with van der Waals surface area (Å²) < 4.78 is 0. The van der Waals surface area contributed by atoms with Crippen LogP contribution in [0.25, 0.3) is 11.3 Å². The Kier molecular flexibility index (Phi) is 9.44. The Morgan fingerprint density at radius 3 is 2.36 bits per heavy atom. The molecule has 184 valence electrons. The molecule has 6 nitrogen and oxygen atoms in total. The van der Waals surface area contributed by atoms with E-state index in [-0.39, 0.29) is 5.91 Å². The highest BCUT2D eigenvalue weighted by molar-refractivity contribution is 5.99. The third kappa shape index (κ3) is 7.33. The predicted octanol–water partition coefficient (Wildman–Crippen LogP) is 4.80. The summed E-state index contributed by atoms with van der Waals surface area (Å²) in [6, 6.07) is 24.0. The molecule has 0 radical (unpaired) electrons. The molecule has 0 aliphatic carbocycles. The zero-order valence-corrected chi connectivity index (χ0v) is 21.2. The van der Waals surface area contributed by atoms with E-state index in [9.17, 15) is 9.59 Å². The van der Waals surface area contributed by atoms with Crippen molar-refractivity contribution in [3.63, 3.8) is 0 Å². The minimum atomic E-state index is -0.338. The van der Waals surface area contributed by atoms with Crippen molar-refractivity contribution >= 4 is 35.0 Å². The van der Waals surface area contributed by atoms with Gasteiger partial charge in [-0.1, -0.05) is 54.5 Å². The number of amides is 2. The molecule has 0 saturated heterocycles. The van der Waals surface area contributed by atoms with E-state index < -0.39 is 0 Å². The van der Waals surface area contributed by atoms with Crippen LogP contribution in [0.2, 0.25) is 0 Å². The second-order valence-electron chi connectivity index (χ2n) is 8.56. The molecule has 0 aliphatic rings. The van der Waals surface area contributed by atoms with Crippen LogP contribution >= 0.6 is 0 Å². The van der Waals surface area contributed by atoms with Crippen molar-refractivity contribution < 1.29 is 9.59 Å². The maximum absolute atomic E-state index is 11.7. The third-order valence-electron chi connectivity index (χ3n) is 5.46. The lowest BCUT2D eigenvalue weighted by atomic mass is 9.97. The quantitative estimate of drug-likeness (QED) is 0.234. The first-order chi connectivity index (χ1) is 17.4. The standard InChI is InChI=1S/C30H32N4O2/c1-5-31-29(36)18-14-23-13-17-27(28(19-23)32-21-35)22(2)30(25-9-7-6-8-10-25)33-26-15-11-24(12-16-26)20-34(3)4/h6-13,15-17,19,21,33H,5,20H2,1-4H3,(H,31,36)(H,32,35)/b30-22+. The minimum absolute atomic E-state index is 0.338. The molecule has 6 heteroatoms. The second-order valence-corrected chi connectivity index (χ2v) is 8.56. The zero-order chi connectivity index (χ0) is 25.9. The number of carbonyl (C=O) groups excluding carboxylic acids is 2. The van der Waals surface area contributed by atoms with Crippen molar-refractivity contribution in [3.05, 3.63) is 95.1 Å². The molecule has 0 aromatic heterocycles. The number of hydrogen-bond donors (Lipinski definition) is 3. The van der Waals surface area contributed by atoms with Crippen molar-refractivity contribution in [3.8, 4) is 11.8 Å². The van der Waals surface area contributed by atoms with Crippen LogP contribution in [0.4, 0.5) is 11.4 Å². The van der Waals surface area contributed by atoms with E-state index in [1.54, 1.807) is 6.07 Å². The Labute approximate surface area is 213 Å². The number of nitrogens with one attached hydrogen (secondary N) is 3. The average molecular weight is 481 g/mol. The zero-order valence-electron chi connectivity index (χ0n) is 21.2. The van der Waals surface area contributed by atoms with Crippen LogP contribution in [0.15, 0.2) is 72.8 Å². The van der Waals surface area contributed by atoms with Gasteiger partial charge in [0.25, 0.3) is 5.91 Å². The number of allylic oxidation sites excluding steroid dienone is 1. The van der Waals surface area contributed by atoms with E-state index in [2.05, 4.69) is 57.0 Å². The van der Waals surface area contributed by atoms with Gasteiger partial charge in [0.05, 0.1) is 0 Å². The number of carbonyl (C=O) groups is 2. The van der Waals surface area contributed by atoms with Crippen LogP contribution in [0, 0.1) is 11.8 Å². The minimum Gasteiger partial charge on any atom is -0.355 e. The summed E-state index contributed by atoms with van der Waals surface area (Å²) in [5.74, 6) is 5.09. The fourth-order valence-corrected chi connectivity index (χ4v) is 3.79. The number of rotatable bonds is 9. The van der Waals surface area contributed by atoms with Gasteiger partial charge in [-0.05, 0) is 68.9 Å². The maximum Gasteiger partial charge on any atom is 0.296 e. The van der Waals surface area contributed by atoms with Gasteiger partial charge in [-0.3, -0.25) is 9.59 Å². The maximum atomic E-state index is 11.7. The molecule has 3 N–H and O–H groups in total. The highest BCUT2D eigenvalue weighted by Gasteiger charge is 2.13. The first-order valence-corrected chi connectivity index (χ1v) is 11.8. The fraction of sp³-hybridized carbons (Fsp3) is 0.200. The molecule has 0 saturated carbocycles. The molecular weight excluding hydrogens is 448 g/mol. The summed E-state index contributed by atoms with van der Waals surface area (Å²) in [5, 5.41) is 9.02. The highest BCUT2D eigenvalue weighted by Crippen LogP contribution is 2.32. The first-order valence-electron chi connectivity index (χ1n) is 11.8. The molecule has 0 heterocycles. The van der Waals surface area contributed by atoms with Gasteiger partial charge in [-0.25, -0.2) is 0 Å². The Bertz CT molecular complexity index is 1280. The molecule has 2 amide bonds. The summed E-state index contributed by atoms with van der Waals surface area (Å²) in [6.07, 6.45) is 0.645. The number of hydrogen-bond acceptors (Lipinski definition) is 4. The Morgan fingerprint density at radius 2 is 1.72 bits per heavy atom. The van der Waals surface area contributed by atoms with Crippen LogP contribution in [-0.4, -0.2) is 37.9 Å². The molecule has 0 unspecified atom stereocenters. The largest absolute Gasteiger partial charge is 0.355 e. The van der Waals surface area contributed by atoms with Gasteiger partial charge in [-0.2, -0.15) is 0 Å². The summed E-state index contributed by atoms with van der Waals surface area (Å²) in [5.41, 5.74) is 7.18. The average Bonchev–Trinajstić information content (AvgIpc) is 2.87. The molecule has 0 aliphatic heterocycles. The van der Waals surface area contributed by atoms with Gasteiger partial charge in [-0.15, -0.1) is 0 Å². The molecule has 3 aromatic rings. The normalized spacial score (nSPS) is 11.1. The lowest BCUT2D eigenvalue weighted by Gasteiger charge is -2.18. The summed E-state index contributed by atoms with van der Waals surface area (Å²) >= 11 is 0. The summed E-state index contributed by atoms with van der Waals surface area (Å²) in [7, 11) is 4.10. The van der Waals surface area contributed by atoms with Crippen LogP contribution in [-0.2, 0) is 16.1 Å². The van der Waals surface area contributed by atoms with E-state index in [1.165, 1.54) is 5.56 Å². The SMILES string of the molecule is CCNC(=O)C#Cc1ccc(/C(C)=C(/Nc2ccc(CN(C)C)cc2)c2ccccc2)c(NC=O)c1.